The highest BCUT2D eigenvalue weighted by Crippen LogP contribution is 2.38. The smallest absolute Gasteiger partial charge is 0.273 e. The molecule has 0 saturated carbocycles. The van der Waals surface area contributed by atoms with Gasteiger partial charge in [-0.25, -0.2) is 4.98 Å². The van der Waals surface area contributed by atoms with Crippen molar-refractivity contribution in [2.75, 3.05) is 0 Å². The molecule has 0 fully saturated rings. The number of aromatic nitrogens is 2. The molecule has 0 spiro atoms. The summed E-state index contributed by atoms with van der Waals surface area (Å²) in [6, 6.07) is 20.4. The second-order valence-corrected chi connectivity index (χ2v) is 7.22. The molecule has 0 radical (unpaired) electrons. The Balaban J connectivity index is 1.68. The highest BCUT2D eigenvalue weighted by atomic mass is 16.2. The zero-order chi connectivity index (χ0) is 19.1. The molecule has 0 N–H and O–H groups in total. The molecule has 1 aliphatic heterocycles. The predicted octanol–water partition coefficient (Wildman–Crippen LogP) is 4.76. The van der Waals surface area contributed by atoms with Crippen LogP contribution in [0.25, 0.3) is 22.0 Å². The molecule has 1 aliphatic rings. The minimum Gasteiger partial charge on any atom is -0.329 e. The molecule has 4 nitrogen and oxygen atoms in total. The Morgan fingerprint density at radius 3 is 2.57 bits per heavy atom. The first kappa shape index (κ1) is 16.6. The van der Waals surface area contributed by atoms with E-state index in [1.807, 2.05) is 47.4 Å². The van der Waals surface area contributed by atoms with E-state index in [4.69, 9.17) is 4.98 Å². The van der Waals surface area contributed by atoms with Gasteiger partial charge in [-0.15, -0.1) is 0 Å². The molecule has 1 amide bonds. The minimum absolute atomic E-state index is 0.00790. The number of amides is 1. The van der Waals surface area contributed by atoms with Crippen LogP contribution in [0.4, 0.5) is 0 Å². The Labute approximate surface area is 163 Å². The summed E-state index contributed by atoms with van der Waals surface area (Å²) in [4.78, 5) is 23.8. The summed E-state index contributed by atoms with van der Waals surface area (Å²) in [7, 11) is 0. The van der Waals surface area contributed by atoms with Crippen molar-refractivity contribution in [3.05, 3.63) is 95.4 Å². The van der Waals surface area contributed by atoms with E-state index < -0.39 is 0 Å². The van der Waals surface area contributed by atoms with Crippen LogP contribution in [-0.4, -0.2) is 20.8 Å². The number of benzene rings is 2. The quantitative estimate of drug-likeness (QED) is 0.526. The van der Waals surface area contributed by atoms with Crippen LogP contribution in [0, 0.1) is 6.92 Å². The van der Waals surface area contributed by atoms with Crippen molar-refractivity contribution in [1.82, 2.24) is 14.9 Å². The van der Waals surface area contributed by atoms with Gasteiger partial charge in [0.2, 0.25) is 0 Å². The number of pyridine rings is 2. The number of nitrogens with zero attached hydrogens (tertiary/aromatic N) is 3. The van der Waals surface area contributed by atoms with Gasteiger partial charge in [-0.05, 0) is 47.9 Å². The maximum absolute atomic E-state index is 13.1. The molecule has 4 aromatic rings. The molecule has 0 saturated heterocycles. The highest BCUT2D eigenvalue weighted by Gasteiger charge is 2.32. The fourth-order valence-corrected chi connectivity index (χ4v) is 3.93. The van der Waals surface area contributed by atoms with Gasteiger partial charge in [0.1, 0.15) is 5.69 Å². The van der Waals surface area contributed by atoms with E-state index in [0.717, 1.165) is 33.2 Å². The number of rotatable bonds is 3. The number of fused-ring (bicyclic) bond motifs is 2. The molecule has 0 aliphatic carbocycles. The van der Waals surface area contributed by atoms with E-state index in [0.29, 0.717) is 18.8 Å². The average Bonchev–Trinajstić information content (AvgIpc) is 3.03. The number of carbonyl (C=O) groups excluding carboxylic acids is 1. The van der Waals surface area contributed by atoms with Crippen molar-refractivity contribution >= 4 is 16.8 Å². The van der Waals surface area contributed by atoms with Gasteiger partial charge in [0.05, 0.1) is 5.52 Å². The topological polar surface area (TPSA) is 46.1 Å². The Morgan fingerprint density at radius 1 is 1.00 bits per heavy atom. The third-order valence-corrected chi connectivity index (χ3v) is 5.27. The third-order valence-electron chi connectivity index (χ3n) is 5.27. The molecular weight excluding hydrogens is 346 g/mol. The third kappa shape index (κ3) is 2.74. The first-order chi connectivity index (χ1) is 13.7. The first-order valence-corrected chi connectivity index (χ1v) is 9.37. The lowest BCUT2D eigenvalue weighted by atomic mass is 9.94. The van der Waals surface area contributed by atoms with Gasteiger partial charge in [0.25, 0.3) is 5.91 Å². The van der Waals surface area contributed by atoms with Gasteiger partial charge in [-0.2, -0.15) is 0 Å². The predicted molar refractivity (Wildman–Crippen MR) is 110 cm³/mol. The summed E-state index contributed by atoms with van der Waals surface area (Å²) >= 11 is 0. The zero-order valence-electron chi connectivity index (χ0n) is 15.6. The van der Waals surface area contributed by atoms with Crippen LogP contribution < -0.4 is 0 Å². The zero-order valence-corrected chi connectivity index (χ0v) is 15.6. The first-order valence-electron chi connectivity index (χ1n) is 9.37. The number of hydrogen-bond acceptors (Lipinski definition) is 3. The average molecular weight is 365 g/mol. The van der Waals surface area contributed by atoms with Crippen molar-refractivity contribution in [2.45, 2.75) is 20.0 Å². The molecule has 0 bridgehead atoms. The molecule has 136 valence electrons. The van der Waals surface area contributed by atoms with Crippen LogP contribution in [0.3, 0.4) is 0 Å². The van der Waals surface area contributed by atoms with E-state index >= 15 is 0 Å². The normalized spacial score (nSPS) is 13.2. The van der Waals surface area contributed by atoms with Gasteiger partial charge < -0.3 is 4.90 Å². The van der Waals surface area contributed by atoms with Crippen LogP contribution in [-0.2, 0) is 13.1 Å². The largest absolute Gasteiger partial charge is 0.329 e. The molecule has 0 atom stereocenters. The summed E-state index contributed by atoms with van der Waals surface area (Å²) in [5.74, 6) is -0.00790. The van der Waals surface area contributed by atoms with Gasteiger partial charge in [0.15, 0.2) is 0 Å². The van der Waals surface area contributed by atoms with Crippen LogP contribution in [0.2, 0.25) is 0 Å². The van der Waals surface area contributed by atoms with E-state index in [2.05, 4.69) is 30.1 Å². The molecular formula is C24H19N3O. The van der Waals surface area contributed by atoms with Gasteiger partial charge in [-0.3, -0.25) is 9.78 Å². The molecule has 5 rings (SSSR count). The Bertz CT molecular complexity index is 1190. The fourth-order valence-electron chi connectivity index (χ4n) is 3.93. The van der Waals surface area contributed by atoms with Gasteiger partial charge >= 0.3 is 0 Å². The van der Waals surface area contributed by atoms with Crippen LogP contribution >= 0.6 is 0 Å². The second-order valence-electron chi connectivity index (χ2n) is 7.22. The van der Waals surface area contributed by atoms with Crippen molar-refractivity contribution in [3.63, 3.8) is 0 Å². The Morgan fingerprint density at radius 2 is 1.79 bits per heavy atom. The summed E-state index contributed by atoms with van der Waals surface area (Å²) < 4.78 is 0. The SMILES string of the molecule is Cc1ccc2nc3c(c(-c4ccccc4)c2c1)CN(Cc1ccncc1)C3=O. The van der Waals surface area contributed by atoms with Crippen LogP contribution in [0.15, 0.2) is 73.1 Å². The molecule has 2 aromatic carbocycles. The van der Waals surface area contributed by atoms with Gasteiger partial charge in [0, 0.05) is 36.4 Å². The standard InChI is InChI=1S/C24H19N3O/c1-16-7-8-21-19(13-16)22(18-5-3-2-4-6-18)20-15-27(24(28)23(20)26-21)14-17-9-11-25-12-10-17/h2-13H,14-15H2,1H3. The monoisotopic (exact) mass is 365 g/mol. The van der Waals surface area contributed by atoms with Crippen molar-refractivity contribution < 1.29 is 4.79 Å². The number of aryl methyl sites for hydroxylation is 1. The molecule has 3 heterocycles. The van der Waals surface area contributed by atoms with E-state index in [1.165, 1.54) is 5.56 Å². The van der Waals surface area contributed by atoms with Crippen LogP contribution in [0.1, 0.15) is 27.2 Å². The second kappa shape index (κ2) is 6.57. The van der Waals surface area contributed by atoms with E-state index in [9.17, 15) is 4.79 Å². The van der Waals surface area contributed by atoms with Crippen molar-refractivity contribution in [2.24, 2.45) is 0 Å². The number of hydrogen-bond donors (Lipinski definition) is 0. The maximum Gasteiger partial charge on any atom is 0.273 e. The maximum atomic E-state index is 13.1. The van der Waals surface area contributed by atoms with Crippen molar-refractivity contribution in [3.8, 4) is 11.1 Å². The molecule has 2 aromatic heterocycles. The van der Waals surface area contributed by atoms with E-state index in [1.54, 1.807) is 12.4 Å². The van der Waals surface area contributed by atoms with Crippen LogP contribution in [0.5, 0.6) is 0 Å². The van der Waals surface area contributed by atoms with E-state index in [-0.39, 0.29) is 5.91 Å². The van der Waals surface area contributed by atoms with Gasteiger partial charge in [-0.1, -0.05) is 42.0 Å². The van der Waals surface area contributed by atoms with Crippen molar-refractivity contribution in [1.29, 1.82) is 0 Å². The number of carbonyl (C=O) groups is 1. The Hall–Kier alpha value is -3.53. The highest BCUT2D eigenvalue weighted by molar-refractivity contribution is 6.06. The molecule has 4 heteroatoms. The fraction of sp³-hybridized carbons (Fsp3) is 0.125. The molecule has 0 unspecified atom stereocenters. The lowest BCUT2D eigenvalue weighted by Crippen LogP contribution is -2.23. The lowest BCUT2D eigenvalue weighted by Gasteiger charge is -2.15. The lowest BCUT2D eigenvalue weighted by molar-refractivity contribution is 0.0762. The summed E-state index contributed by atoms with van der Waals surface area (Å²) in [6.07, 6.45) is 3.52. The summed E-state index contributed by atoms with van der Waals surface area (Å²) in [5.41, 5.74) is 6.95. The minimum atomic E-state index is -0.00790. The molecule has 28 heavy (non-hydrogen) atoms. The Kier molecular flexibility index (Phi) is 3.90. The summed E-state index contributed by atoms with van der Waals surface area (Å²) in [5, 5.41) is 1.10. The summed E-state index contributed by atoms with van der Waals surface area (Å²) in [6.45, 7) is 3.21.